The molecule has 3 aromatic rings. The Hall–Kier alpha value is -5.84. The lowest BCUT2D eigenvalue weighted by molar-refractivity contribution is -0.142. The number of aliphatic carboxylic acids is 1. The number of benzene rings is 2. The summed E-state index contributed by atoms with van der Waals surface area (Å²) in [4.78, 5) is 63.7. The Morgan fingerprint density at radius 3 is 1.94 bits per heavy atom. The summed E-state index contributed by atoms with van der Waals surface area (Å²) in [6.07, 6.45) is 2.64. The first-order chi connectivity index (χ1) is 23.3. The first-order valence-corrected chi connectivity index (χ1v) is 15.7. The minimum Gasteiger partial charge on any atom is -0.508 e. The van der Waals surface area contributed by atoms with Crippen LogP contribution in [0.4, 0.5) is 0 Å². The number of amides is 3. The number of hydrogen-bond donors (Lipinski definition) is 11. The van der Waals surface area contributed by atoms with Gasteiger partial charge in [-0.15, -0.1) is 0 Å². The highest BCUT2D eigenvalue weighted by Crippen LogP contribution is 2.20. The second-order valence-electron chi connectivity index (χ2n) is 11.5. The van der Waals surface area contributed by atoms with Gasteiger partial charge in [0.25, 0.3) is 0 Å². The Labute approximate surface area is 282 Å². The number of nitrogens with two attached hydrogens (primary N) is 5. The maximum Gasteiger partial charge on any atom is 0.326 e. The number of carboxylic acid groups (broad SMARTS) is 1. The number of carbonyl (C=O) groups excluding carboxylic acids is 3. The van der Waals surface area contributed by atoms with Crippen LogP contribution >= 0.6 is 0 Å². The van der Waals surface area contributed by atoms with Gasteiger partial charge >= 0.3 is 5.97 Å². The van der Waals surface area contributed by atoms with Crippen molar-refractivity contribution in [1.29, 1.82) is 0 Å². The van der Waals surface area contributed by atoms with Crippen molar-refractivity contribution in [2.75, 3.05) is 13.1 Å². The number of aromatic nitrogens is 1. The third-order valence-corrected chi connectivity index (χ3v) is 7.61. The Kier molecular flexibility index (Phi) is 14.2. The molecule has 4 atom stereocenters. The molecule has 3 amide bonds. The van der Waals surface area contributed by atoms with Gasteiger partial charge < -0.3 is 59.8 Å². The number of nitrogens with zero attached hydrogens (tertiary/aromatic N) is 2. The third-order valence-electron chi connectivity index (χ3n) is 7.61. The number of para-hydroxylation sites is 1. The van der Waals surface area contributed by atoms with Crippen molar-refractivity contribution >= 4 is 46.5 Å². The van der Waals surface area contributed by atoms with E-state index in [1.165, 1.54) is 12.1 Å². The fourth-order valence-electron chi connectivity index (χ4n) is 5.04. The van der Waals surface area contributed by atoms with Crippen molar-refractivity contribution in [2.24, 2.45) is 38.7 Å². The van der Waals surface area contributed by atoms with Gasteiger partial charge in [0.15, 0.2) is 11.9 Å². The molecule has 16 N–H and O–H groups in total. The molecule has 264 valence electrons. The topological polar surface area (TPSA) is 315 Å². The van der Waals surface area contributed by atoms with E-state index in [1.54, 1.807) is 18.3 Å². The van der Waals surface area contributed by atoms with Crippen LogP contribution in [0.3, 0.4) is 0 Å². The Morgan fingerprint density at radius 2 is 1.31 bits per heavy atom. The zero-order chi connectivity index (χ0) is 35.9. The van der Waals surface area contributed by atoms with E-state index in [9.17, 15) is 29.4 Å². The van der Waals surface area contributed by atoms with E-state index >= 15 is 0 Å². The number of phenols is 1. The van der Waals surface area contributed by atoms with Gasteiger partial charge in [-0.05, 0) is 55.0 Å². The second-order valence-corrected chi connectivity index (χ2v) is 11.5. The molecule has 0 saturated carbocycles. The van der Waals surface area contributed by atoms with E-state index in [1.807, 2.05) is 24.3 Å². The number of hydrogen-bond acceptors (Lipinski definition) is 8. The summed E-state index contributed by atoms with van der Waals surface area (Å²) < 4.78 is 0. The van der Waals surface area contributed by atoms with Crippen molar-refractivity contribution in [3.8, 4) is 5.75 Å². The summed E-state index contributed by atoms with van der Waals surface area (Å²) in [7, 11) is 0. The van der Waals surface area contributed by atoms with E-state index in [0.29, 0.717) is 24.0 Å². The number of H-pyrrole nitrogens is 1. The fourth-order valence-corrected chi connectivity index (χ4v) is 5.04. The second kappa shape index (κ2) is 18.5. The molecule has 1 aromatic heterocycles. The van der Waals surface area contributed by atoms with Gasteiger partial charge in [0, 0.05) is 43.0 Å². The summed E-state index contributed by atoms with van der Waals surface area (Å²) in [5, 5.41) is 28.3. The lowest BCUT2D eigenvalue weighted by Gasteiger charge is -2.25. The number of aromatic amines is 1. The van der Waals surface area contributed by atoms with Crippen LogP contribution in [0.2, 0.25) is 0 Å². The zero-order valence-electron chi connectivity index (χ0n) is 27.0. The molecule has 0 aliphatic heterocycles. The van der Waals surface area contributed by atoms with E-state index in [4.69, 9.17) is 28.7 Å². The maximum absolute atomic E-state index is 13.8. The molecule has 0 aliphatic rings. The number of guanidine groups is 2. The fraction of sp³-hybridized carbons (Fsp3) is 0.375. The van der Waals surface area contributed by atoms with Crippen molar-refractivity contribution in [2.45, 2.75) is 62.7 Å². The molecule has 2 aromatic carbocycles. The molecule has 4 unspecified atom stereocenters. The van der Waals surface area contributed by atoms with Gasteiger partial charge in [-0.25, -0.2) is 4.79 Å². The van der Waals surface area contributed by atoms with Crippen LogP contribution in [0.1, 0.15) is 36.8 Å². The minimum atomic E-state index is -1.36. The average Bonchev–Trinajstić information content (AvgIpc) is 3.46. The number of carboxylic acids is 1. The molecule has 17 heteroatoms. The molecule has 0 saturated heterocycles. The molecule has 0 aliphatic carbocycles. The number of fused-ring (bicyclic) bond motifs is 1. The molecular weight excluding hydrogens is 634 g/mol. The lowest BCUT2D eigenvalue weighted by Crippen LogP contribution is -2.57. The van der Waals surface area contributed by atoms with Crippen LogP contribution in [-0.4, -0.2) is 88.1 Å². The normalized spacial score (nSPS) is 13.3. The van der Waals surface area contributed by atoms with Gasteiger partial charge in [-0.3, -0.25) is 24.4 Å². The highest BCUT2D eigenvalue weighted by molar-refractivity contribution is 5.95. The SMILES string of the molecule is NC(N)=NCCCC(N)C(=O)NC(CCCN=C(N)N)C(=O)NC(Cc1c[nH]c2ccccc12)C(=O)NC(Cc1ccc(O)cc1)C(=O)O. The van der Waals surface area contributed by atoms with Crippen LogP contribution in [0.25, 0.3) is 10.9 Å². The summed E-state index contributed by atoms with van der Waals surface area (Å²) >= 11 is 0. The number of carbonyl (C=O) groups is 4. The molecule has 0 fully saturated rings. The molecule has 3 rings (SSSR count). The lowest BCUT2D eigenvalue weighted by atomic mass is 10.0. The molecule has 0 radical (unpaired) electrons. The number of nitrogens with one attached hydrogen (secondary N) is 4. The van der Waals surface area contributed by atoms with Gasteiger partial charge in [-0.2, -0.15) is 0 Å². The summed E-state index contributed by atoms with van der Waals surface area (Å²) in [5.74, 6) is -3.57. The van der Waals surface area contributed by atoms with Gasteiger partial charge in [-0.1, -0.05) is 30.3 Å². The van der Waals surface area contributed by atoms with Crippen LogP contribution in [0.15, 0.2) is 64.7 Å². The maximum atomic E-state index is 13.8. The first-order valence-electron chi connectivity index (χ1n) is 15.7. The van der Waals surface area contributed by atoms with Crippen molar-refractivity contribution < 1.29 is 29.4 Å². The van der Waals surface area contributed by atoms with Crippen molar-refractivity contribution in [3.05, 3.63) is 65.9 Å². The standard InChI is InChI=1S/C32H45N11O6/c33-22(6-3-13-38-31(34)35)27(45)41-24(8-4-14-39-32(36)37)28(46)42-25(16-19-17-40-23-7-2-1-5-21(19)23)29(47)43-26(30(48)49)15-18-9-11-20(44)12-10-18/h1-2,5,7,9-12,17,22,24-26,40,44H,3-4,6,8,13-16,33H2,(H,41,45)(H,42,46)(H,43,47)(H,48,49)(H4,34,35,38)(H4,36,37,39). The summed E-state index contributed by atoms with van der Waals surface area (Å²) in [6.45, 7) is 0.434. The number of aromatic hydroxyl groups is 1. The third kappa shape index (κ3) is 12.4. The van der Waals surface area contributed by atoms with Crippen molar-refractivity contribution in [1.82, 2.24) is 20.9 Å². The smallest absolute Gasteiger partial charge is 0.326 e. The highest BCUT2D eigenvalue weighted by Gasteiger charge is 2.31. The molecular formula is C32H45N11O6. The minimum absolute atomic E-state index is 0.00742. The largest absolute Gasteiger partial charge is 0.508 e. The number of phenolic OH excluding ortho intramolecular Hbond substituents is 1. The molecule has 17 nitrogen and oxygen atoms in total. The molecule has 49 heavy (non-hydrogen) atoms. The van der Waals surface area contributed by atoms with E-state index in [0.717, 1.165) is 10.9 Å². The van der Waals surface area contributed by atoms with Crippen LogP contribution in [0.5, 0.6) is 5.75 Å². The van der Waals surface area contributed by atoms with Gasteiger partial charge in [0.2, 0.25) is 17.7 Å². The van der Waals surface area contributed by atoms with Crippen LogP contribution in [-0.2, 0) is 32.0 Å². The molecule has 0 bridgehead atoms. The molecule has 1 heterocycles. The number of aliphatic imine (C=N–C) groups is 2. The predicted octanol–water partition coefficient (Wildman–Crippen LogP) is -1.37. The monoisotopic (exact) mass is 679 g/mol. The zero-order valence-corrected chi connectivity index (χ0v) is 27.0. The summed E-state index contributed by atoms with van der Waals surface area (Å²) in [5.41, 5.74) is 29.6. The van der Waals surface area contributed by atoms with Gasteiger partial charge in [0.05, 0.1) is 6.04 Å². The average molecular weight is 680 g/mol. The molecule has 0 spiro atoms. The predicted molar refractivity (Wildman–Crippen MR) is 185 cm³/mol. The quantitative estimate of drug-likeness (QED) is 0.0399. The van der Waals surface area contributed by atoms with Gasteiger partial charge in [0.1, 0.15) is 23.9 Å². The van der Waals surface area contributed by atoms with Crippen molar-refractivity contribution in [3.63, 3.8) is 0 Å². The highest BCUT2D eigenvalue weighted by atomic mass is 16.4. The van der Waals surface area contributed by atoms with E-state index < -0.39 is 47.9 Å². The van der Waals surface area contributed by atoms with Crippen LogP contribution in [0, 0.1) is 0 Å². The first kappa shape index (κ1) is 37.6. The number of rotatable bonds is 19. The summed E-state index contributed by atoms with van der Waals surface area (Å²) in [6, 6.07) is 8.56. The Balaban J connectivity index is 1.84. The van der Waals surface area contributed by atoms with E-state index in [2.05, 4.69) is 30.9 Å². The Morgan fingerprint density at radius 1 is 0.735 bits per heavy atom. The Bertz CT molecular complexity index is 1630. The van der Waals surface area contributed by atoms with E-state index in [-0.39, 0.29) is 56.4 Å². The van der Waals surface area contributed by atoms with Crippen LogP contribution < -0.4 is 44.6 Å².